The van der Waals surface area contributed by atoms with Crippen LogP contribution >= 0.6 is 0 Å². The van der Waals surface area contributed by atoms with Crippen LogP contribution in [0.4, 0.5) is 5.69 Å². The summed E-state index contributed by atoms with van der Waals surface area (Å²) in [5.74, 6) is 0. The van der Waals surface area contributed by atoms with Gasteiger partial charge in [0.15, 0.2) is 0 Å². The molecular weight excluding hydrogens is 310 g/mol. The number of hydrogen-bond donors (Lipinski definition) is 0. The molecule has 2 saturated heterocycles. The van der Waals surface area contributed by atoms with Gasteiger partial charge < -0.3 is 4.90 Å². The van der Waals surface area contributed by atoms with Gasteiger partial charge in [-0.25, -0.2) is 0 Å². The molecular formula is C21H29N3O. The fourth-order valence-electron chi connectivity index (χ4n) is 4.86. The standard InChI is InChI=1S/C21H29N3O/c22-15-18-7-9-19(10-8-18)23-13-4-11-21(16-23)12-14-24(25-17-21)20-5-2-1-3-6-20/h7-10,20H,1-6,11-14,16-17H2. The highest BCUT2D eigenvalue weighted by Crippen LogP contribution is 2.40. The number of piperidine rings is 1. The summed E-state index contributed by atoms with van der Waals surface area (Å²) >= 11 is 0. The molecule has 2 aliphatic heterocycles. The molecule has 4 nitrogen and oxygen atoms in total. The smallest absolute Gasteiger partial charge is 0.0991 e. The monoisotopic (exact) mass is 339 g/mol. The van der Waals surface area contributed by atoms with Gasteiger partial charge in [0.2, 0.25) is 0 Å². The van der Waals surface area contributed by atoms with E-state index in [0.717, 1.165) is 31.8 Å². The number of hydroxylamine groups is 2. The van der Waals surface area contributed by atoms with Crippen LogP contribution in [0.2, 0.25) is 0 Å². The van der Waals surface area contributed by atoms with Gasteiger partial charge in [-0.1, -0.05) is 19.3 Å². The third-order valence-electron chi connectivity index (χ3n) is 6.40. The molecule has 4 rings (SSSR count). The second kappa shape index (κ2) is 7.35. The minimum atomic E-state index is 0.303. The first-order chi connectivity index (χ1) is 12.3. The number of nitriles is 1. The van der Waals surface area contributed by atoms with E-state index < -0.39 is 0 Å². The Balaban J connectivity index is 1.38. The normalized spacial score (nSPS) is 28.8. The van der Waals surface area contributed by atoms with Crippen LogP contribution in [0.25, 0.3) is 0 Å². The number of anilines is 1. The third kappa shape index (κ3) is 3.68. The Morgan fingerprint density at radius 1 is 1.00 bits per heavy atom. The zero-order valence-electron chi connectivity index (χ0n) is 15.1. The van der Waals surface area contributed by atoms with Crippen molar-refractivity contribution in [3.05, 3.63) is 29.8 Å². The van der Waals surface area contributed by atoms with Crippen LogP contribution in [0.15, 0.2) is 24.3 Å². The van der Waals surface area contributed by atoms with Gasteiger partial charge in [0.1, 0.15) is 0 Å². The Morgan fingerprint density at radius 2 is 1.80 bits per heavy atom. The largest absolute Gasteiger partial charge is 0.371 e. The minimum Gasteiger partial charge on any atom is -0.371 e. The molecule has 25 heavy (non-hydrogen) atoms. The van der Waals surface area contributed by atoms with Crippen molar-refractivity contribution in [3.8, 4) is 6.07 Å². The van der Waals surface area contributed by atoms with Crippen LogP contribution in [-0.4, -0.2) is 37.3 Å². The molecule has 1 atom stereocenters. The van der Waals surface area contributed by atoms with E-state index in [2.05, 4.69) is 28.2 Å². The molecule has 3 fully saturated rings. The highest BCUT2D eigenvalue weighted by molar-refractivity contribution is 5.50. The second-order valence-corrected chi connectivity index (χ2v) is 8.14. The lowest BCUT2D eigenvalue weighted by molar-refractivity contribution is -0.245. The Morgan fingerprint density at radius 3 is 2.48 bits per heavy atom. The van der Waals surface area contributed by atoms with Gasteiger partial charge in [0.25, 0.3) is 0 Å². The number of rotatable bonds is 2. The maximum absolute atomic E-state index is 8.99. The Bertz CT molecular complexity index is 607. The molecule has 0 aromatic heterocycles. The zero-order valence-corrected chi connectivity index (χ0v) is 15.1. The van der Waals surface area contributed by atoms with E-state index in [1.165, 1.54) is 57.1 Å². The van der Waals surface area contributed by atoms with Crippen molar-refractivity contribution in [1.82, 2.24) is 5.06 Å². The van der Waals surface area contributed by atoms with Crippen molar-refractivity contribution >= 4 is 5.69 Å². The van der Waals surface area contributed by atoms with E-state index in [1.54, 1.807) is 0 Å². The Hall–Kier alpha value is -1.57. The predicted molar refractivity (Wildman–Crippen MR) is 99.2 cm³/mol. The first-order valence-electron chi connectivity index (χ1n) is 9.93. The van der Waals surface area contributed by atoms with Gasteiger partial charge in [-0.05, 0) is 56.4 Å². The summed E-state index contributed by atoms with van der Waals surface area (Å²) in [6.45, 7) is 4.15. The Labute approximate surface area is 151 Å². The second-order valence-electron chi connectivity index (χ2n) is 8.14. The van der Waals surface area contributed by atoms with Crippen LogP contribution in [0.3, 0.4) is 0 Å². The molecule has 1 aliphatic carbocycles. The van der Waals surface area contributed by atoms with Crippen LogP contribution in [0.5, 0.6) is 0 Å². The lowest BCUT2D eigenvalue weighted by Gasteiger charge is -2.49. The van der Waals surface area contributed by atoms with Gasteiger partial charge in [0.05, 0.1) is 18.2 Å². The van der Waals surface area contributed by atoms with Gasteiger partial charge in [-0.2, -0.15) is 10.3 Å². The summed E-state index contributed by atoms with van der Waals surface area (Å²) in [7, 11) is 0. The van der Waals surface area contributed by atoms with Crippen molar-refractivity contribution < 1.29 is 4.84 Å². The van der Waals surface area contributed by atoms with Crippen molar-refractivity contribution in [2.75, 3.05) is 31.1 Å². The summed E-state index contributed by atoms with van der Waals surface area (Å²) in [5, 5.41) is 11.3. The van der Waals surface area contributed by atoms with Crippen LogP contribution in [-0.2, 0) is 4.84 Å². The fraction of sp³-hybridized carbons (Fsp3) is 0.667. The summed E-state index contributed by atoms with van der Waals surface area (Å²) in [4.78, 5) is 8.79. The topological polar surface area (TPSA) is 39.5 Å². The average Bonchev–Trinajstić information content (AvgIpc) is 2.69. The van der Waals surface area contributed by atoms with Gasteiger partial charge >= 0.3 is 0 Å². The van der Waals surface area contributed by atoms with Crippen molar-refractivity contribution in [1.29, 1.82) is 5.26 Å². The number of nitrogens with zero attached hydrogens (tertiary/aromatic N) is 3. The molecule has 1 aromatic carbocycles. The lowest BCUT2D eigenvalue weighted by Crippen LogP contribution is -2.53. The molecule has 4 heteroatoms. The predicted octanol–water partition coefficient (Wildman–Crippen LogP) is 4.11. The van der Waals surface area contributed by atoms with E-state index in [4.69, 9.17) is 10.1 Å². The molecule has 3 aliphatic rings. The van der Waals surface area contributed by atoms with E-state index in [1.807, 2.05) is 12.1 Å². The van der Waals surface area contributed by atoms with Gasteiger partial charge in [0, 0.05) is 36.8 Å². The van der Waals surface area contributed by atoms with E-state index in [0.29, 0.717) is 11.5 Å². The van der Waals surface area contributed by atoms with Gasteiger partial charge in [-0.3, -0.25) is 4.84 Å². The first-order valence-corrected chi connectivity index (χ1v) is 9.93. The number of hydrogen-bond acceptors (Lipinski definition) is 4. The summed E-state index contributed by atoms with van der Waals surface area (Å²) in [6.07, 6.45) is 10.5. The maximum atomic E-state index is 8.99. The summed E-state index contributed by atoms with van der Waals surface area (Å²) < 4.78 is 0. The minimum absolute atomic E-state index is 0.303. The molecule has 0 radical (unpaired) electrons. The highest BCUT2D eigenvalue weighted by atomic mass is 16.7. The van der Waals surface area contributed by atoms with E-state index in [-0.39, 0.29) is 0 Å². The quantitative estimate of drug-likeness (QED) is 0.813. The SMILES string of the molecule is N#Cc1ccc(N2CCCC3(CCN(C4CCCCC4)OC3)C2)cc1. The van der Waals surface area contributed by atoms with E-state index in [9.17, 15) is 0 Å². The van der Waals surface area contributed by atoms with Gasteiger partial charge in [-0.15, -0.1) is 0 Å². The summed E-state index contributed by atoms with van der Waals surface area (Å²) in [6, 6.07) is 10.9. The fourth-order valence-corrected chi connectivity index (χ4v) is 4.86. The number of benzene rings is 1. The highest BCUT2D eigenvalue weighted by Gasteiger charge is 2.41. The van der Waals surface area contributed by atoms with Crippen molar-refractivity contribution in [2.45, 2.75) is 57.4 Å². The molecule has 1 saturated carbocycles. The third-order valence-corrected chi connectivity index (χ3v) is 6.40. The first kappa shape index (κ1) is 16.9. The van der Waals surface area contributed by atoms with Crippen LogP contribution < -0.4 is 4.90 Å². The van der Waals surface area contributed by atoms with Crippen LogP contribution in [0.1, 0.15) is 56.9 Å². The van der Waals surface area contributed by atoms with Crippen molar-refractivity contribution in [3.63, 3.8) is 0 Å². The van der Waals surface area contributed by atoms with Crippen LogP contribution in [0, 0.1) is 16.7 Å². The molecule has 0 amide bonds. The molecule has 0 bridgehead atoms. The molecule has 1 unspecified atom stereocenters. The van der Waals surface area contributed by atoms with Crippen molar-refractivity contribution in [2.24, 2.45) is 5.41 Å². The molecule has 134 valence electrons. The zero-order chi connectivity index (χ0) is 17.1. The maximum Gasteiger partial charge on any atom is 0.0991 e. The molecule has 1 spiro atoms. The van der Waals surface area contributed by atoms with E-state index >= 15 is 0 Å². The molecule has 2 heterocycles. The Kier molecular flexibility index (Phi) is 4.96. The average molecular weight is 339 g/mol. The summed E-state index contributed by atoms with van der Waals surface area (Å²) in [5.41, 5.74) is 2.28. The lowest BCUT2D eigenvalue weighted by atomic mass is 9.76. The molecule has 0 N–H and O–H groups in total. The molecule has 1 aromatic rings.